The van der Waals surface area contributed by atoms with Crippen LogP contribution in [-0.4, -0.2) is 30.4 Å². The second-order valence-corrected chi connectivity index (χ2v) is 9.70. The fourth-order valence-corrected chi connectivity index (χ4v) is 5.53. The van der Waals surface area contributed by atoms with Crippen LogP contribution < -0.4 is 4.90 Å². The van der Waals surface area contributed by atoms with E-state index in [4.69, 9.17) is 11.6 Å². The second kappa shape index (κ2) is 7.45. The molecule has 2 fully saturated rings. The van der Waals surface area contributed by atoms with Crippen LogP contribution in [0.4, 0.5) is 5.69 Å². The van der Waals surface area contributed by atoms with Crippen molar-refractivity contribution in [2.75, 3.05) is 24.5 Å². The van der Waals surface area contributed by atoms with Crippen molar-refractivity contribution in [2.45, 2.75) is 51.0 Å². The van der Waals surface area contributed by atoms with Crippen molar-refractivity contribution in [3.8, 4) is 0 Å². The molecular weight excluding hydrogens is 380 g/mol. The van der Waals surface area contributed by atoms with Crippen molar-refractivity contribution in [3.63, 3.8) is 0 Å². The highest BCUT2D eigenvalue weighted by molar-refractivity contribution is 6.30. The van der Waals surface area contributed by atoms with Gasteiger partial charge in [-0.05, 0) is 75.0 Å². The third-order valence-electron chi connectivity index (χ3n) is 7.30. The molecule has 5 rings (SSSR count). The van der Waals surface area contributed by atoms with Gasteiger partial charge >= 0.3 is 0 Å². The van der Waals surface area contributed by atoms with Gasteiger partial charge in [-0.2, -0.15) is 0 Å². The molecule has 1 saturated carbocycles. The summed E-state index contributed by atoms with van der Waals surface area (Å²) in [5, 5.41) is 0.807. The number of rotatable bonds is 3. The second-order valence-electron chi connectivity index (χ2n) is 9.26. The molecule has 1 saturated heterocycles. The van der Waals surface area contributed by atoms with E-state index >= 15 is 0 Å². The standard InChI is InChI=1S/C25H29ClN2O/c1-18-8-9-23-22(14-18)25(17-28(23)24(29)20-5-3-6-20)10-12-27(13-11-25)16-19-4-2-7-21(26)15-19/h2,4,7-9,14-15,20H,3,5-6,10-13,16-17H2,1H3. The third kappa shape index (κ3) is 3.49. The summed E-state index contributed by atoms with van der Waals surface area (Å²) in [6, 6.07) is 14.9. The molecule has 3 aliphatic rings. The fourth-order valence-electron chi connectivity index (χ4n) is 5.32. The average molecular weight is 409 g/mol. The molecule has 2 aromatic carbocycles. The molecule has 3 nitrogen and oxygen atoms in total. The topological polar surface area (TPSA) is 23.6 Å². The molecule has 0 N–H and O–H groups in total. The zero-order chi connectivity index (χ0) is 20.0. The van der Waals surface area contributed by atoms with Gasteiger partial charge in [-0.15, -0.1) is 0 Å². The molecule has 0 radical (unpaired) electrons. The minimum Gasteiger partial charge on any atom is -0.311 e. The average Bonchev–Trinajstić information content (AvgIpc) is 2.96. The molecule has 0 atom stereocenters. The summed E-state index contributed by atoms with van der Waals surface area (Å²) in [4.78, 5) is 17.8. The number of hydrogen-bond donors (Lipinski definition) is 0. The number of piperidine rings is 1. The van der Waals surface area contributed by atoms with Gasteiger partial charge in [0.05, 0.1) is 0 Å². The van der Waals surface area contributed by atoms with Gasteiger partial charge in [-0.3, -0.25) is 9.69 Å². The maximum Gasteiger partial charge on any atom is 0.230 e. The minimum absolute atomic E-state index is 0.117. The van der Waals surface area contributed by atoms with E-state index in [1.165, 1.54) is 28.8 Å². The lowest BCUT2D eigenvalue weighted by molar-refractivity contribution is -0.124. The molecule has 0 unspecified atom stereocenters. The minimum atomic E-state index is 0.117. The summed E-state index contributed by atoms with van der Waals surface area (Å²) in [6.07, 6.45) is 5.55. The number of aryl methyl sites for hydroxylation is 1. The number of nitrogens with zero attached hydrogens (tertiary/aromatic N) is 2. The van der Waals surface area contributed by atoms with E-state index < -0.39 is 0 Å². The number of fused-ring (bicyclic) bond motifs is 2. The quantitative estimate of drug-likeness (QED) is 0.685. The number of anilines is 1. The SMILES string of the molecule is Cc1ccc2c(c1)C1(CCN(Cc3cccc(Cl)c3)CC1)CN2C(=O)C1CCC1. The summed E-state index contributed by atoms with van der Waals surface area (Å²) < 4.78 is 0. The van der Waals surface area contributed by atoms with Gasteiger partial charge in [-0.25, -0.2) is 0 Å². The Morgan fingerprint density at radius 1 is 1.14 bits per heavy atom. The van der Waals surface area contributed by atoms with Gasteiger partial charge in [-0.1, -0.05) is 47.9 Å². The van der Waals surface area contributed by atoms with E-state index in [-0.39, 0.29) is 11.3 Å². The maximum atomic E-state index is 13.1. The van der Waals surface area contributed by atoms with Crippen LogP contribution in [0.5, 0.6) is 0 Å². The van der Waals surface area contributed by atoms with Crippen molar-refractivity contribution in [2.24, 2.45) is 5.92 Å². The molecule has 2 aliphatic heterocycles. The van der Waals surface area contributed by atoms with Gasteiger partial charge in [0.1, 0.15) is 0 Å². The largest absolute Gasteiger partial charge is 0.311 e. The Kier molecular flexibility index (Phi) is 4.92. The van der Waals surface area contributed by atoms with Crippen LogP contribution in [0.2, 0.25) is 5.02 Å². The normalized spacial score (nSPS) is 21.2. The molecule has 2 aromatic rings. The van der Waals surface area contributed by atoms with E-state index in [9.17, 15) is 4.79 Å². The summed E-state index contributed by atoms with van der Waals surface area (Å²) in [5.41, 5.74) is 5.27. The van der Waals surface area contributed by atoms with Crippen molar-refractivity contribution in [1.29, 1.82) is 0 Å². The first kappa shape index (κ1) is 19.1. The number of likely N-dealkylation sites (tertiary alicyclic amines) is 1. The molecule has 4 heteroatoms. The highest BCUT2D eigenvalue weighted by Crippen LogP contribution is 2.48. The zero-order valence-corrected chi connectivity index (χ0v) is 17.9. The van der Waals surface area contributed by atoms with Gasteiger partial charge in [0, 0.05) is 35.1 Å². The Balaban J connectivity index is 1.35. The number of carbonyl (C=O) groups is 1. The molecule has 2 heterocycles. The number of halogens is 1. The van der Waals surface area contributed by atoms with Crippen LogP contribution in [0.25, 0.3) is 0 Å². The summed E-state index contributed by atoms with van der Waals surface area (Å²) in [6.45, 7) is 6.10. The van der Waals surface area contributed by atoms with Crippen molar-refractivity contribution in [1.82, 2.24) is 4.90 Å². The highest BCUT2D eigenvalue weighted by atomic mass is 35.5. The molecule has 1 spiro atoms. The van der Waals surface area contributed by atoms with E-state index in [2.05, 4.69) is 47.1 Å². The Morgan fingerprint density at radius 2 is 1.93 bits per heavy atom. The fraction of sp³-hybridized carbons (Fsp3) is 0.480. The van der Waals surface area contributed by atoms with Crippen LogP contribution in [0, 0.1) is 12.8 Å². The molecule has 1 amide bonds. The molecule has 29 heavy (non-hydrogen) atoms. The van der Waals surface area contributed by atoms with Crippen molar-refractivity contribution >= 4 is 23.2 Å². The Morgan fingerprint density at radius 3 is 2.62 bits per heavy atom. The van der Waals surface area contributed by atoms with Crippen LogP contribution >= 0.6 is 11.6 Å². The van der Waals surface area contributed by atoms with Crippen molar-refractivity contribution in [3.05, 3.63) is 64.2 Å². The Bertz CT molecular complexity index is 928. The third-order valence-corrected chi connectivity index (χ3v) is 7.54. The number of amides is 1. The van der Waals surface area contributed by atoms with Gasteiger partial charge < -0.3 is 4.90 Å². The first-order valence-electron chi connectivity index (χ1n) is 10.9. The van der Waals surface area contributed by atoms with E-state index in [1.54, 1.807) is 0 Å². The van der Waals surface area contributed by atoms with Gasteiger partial charge in [0.25, 0.3) is 0 Å². The predicted molar refractivity (Wildman–Crippen MR) is 119 cm³/mol. The smallest absolute Gasteiger partial charge is 0.230 e. The lowest BCUT2D eigenvalue weighted by atomic mass is 9.74. The Hall–Kier alpha value is -1.84. The maximum absolute atomic E-state index is 13.1. The summed E-state index contributed by atoms with van der Waals surface area (Å²) in [5.74, 6) is 0.613. The first-order chi connectivity index (χ1) is 14.0. The molecule has 0 aromatic heterocycles. The van der Waals surface area contributed by atoms with Crippen LogP contribution in [-0.2, 0) is 16.8 Å². The molecule has 0 bridgehead atoms. The van der Waals surface area contributed by atoms with E-state index in [0.717, 1.165) is 56.9 Å². The molecular formula is C25H29ClN2O. The van der Waals surface area contributed by atoms with Crippen LogP contribution in [0.1, 0.15) is 48.8 Å². The molecule has 152 valence electrons. The summed E-state index contributed by atoms with van der Waals surface area (Å²) in [7, 11) is 0. The van der Waals surface area contributed by atoms with E-state index in [0.29, 0.717) is 5.91 Å². The van der Waals surface area contributed by atoms with Crippen molar-refractivity contribution < 1.29 is 4.79 Å². The Labute approximate surface area is 178 Å². The van der Waals surface area contributed by atoms with Crippen LogP contribution in [0.3, 0.4) is 0 Å². The monoisotopic (exact) mass is 408 g/mol. The predicted octanol–water partition coefficient (Wildman–Crippen LogP) is 5.33. The summed E-state index contributed by atoms with van der Waals surface area (Å²) >= 11 is 6.16. The highest BCUT2D eigenvalue weighted by Gasteiger charge is 2.47. The lowest BCUT2D eigenvalue weighted by Gasteiger charge is -2.40. The van der Waals surface area contributed by atoms with E-state index in [1.807, 2.05) is 12.1 Å². The first-order valence-corrected chi connectivity index (χ1v) is 11.3. The van der Waals surface area contributed by atoms with Gasteiger partial charge in [0.15, 0.2) is 0 Å². The molecule has 1 aliphatic carbocycles. The number of benzene rings is 2. The van der Waals surface area contributed by atoms with Gasteiger partial charge in [0.2, 0.25) is 5.91 Å². The number of carbonyl (C=O) groups excluding carboxylic acids is 1. The lowest BCUT2D eigenvalue weighted by Crippen LogP contribution is -2.47. The zero-order valence-electron chi connectivity index (χ0n) is 17.2. The number of hydrogen-bond acceptors (Lipinski definition) is 2. The van der Waals surface area contributed by atoms with Crippen LogP contribution in [0.15, 0.2) is 42.5 Å².